The average molecular weight is 415 g/mol. The largest absolute Gasteiger partial charge is 0.313 e. The molecule has 0 aliphatic heterocycles. The summed E-state index contributed by atoms with van der Waals surface area (Å²) in [5.74, 6) is 0. The number of aromatic nitrogens is 2. The lowest BCUT2D eigenvalue weighted by atomic mass is 10.00. The van der Waals surface area contributed by atoms with Crippen LogP contribution >= 0.6 is 31.9 Å². The third-order valence-electron chi connectivity index (χ3n) is 3.83. The van der Waals surface area contributed by atoms with Crippen LogP contribution in [0.15, 0.2) is 27.1 Å². The Morgan fingerprint density at radius 1 is 1.33 bits per heavy atom. The van der Waals surface area contributed by atoms with Crippen molar-refractivity contribution >= 4 is 31.9 Å². The minimum absolute atomic E-state index is 0.271. The molecule has 1 unspecified atom stereocenters. The molecule has 114 valence electrons. The molecule has 2 aromatic rings. The van der Waals surface area contributed by atoms with E-state index in [-0.39, 0.29) is 6.04 Å². The highest BCUT2D eigenvalue weighted by molar-refractivity contribution is 9.10. The fourth-order valence-corrected chi connectivity index (χ4v) is 3.53. The summed E-state index contributed by atoms with van der Waals surface area (Å²) in [6.07, 6.45) is 1.84. The first kappa shape index (κ1) is 16.7. The third kappa shape index (κ3) is 3.58. The van der Waals surface area contributed by atoms with Crippen molar-refractivity contribution < 1.29 is 0 Å². The van der Waals surface area contributed by atoms with Crippen molar-refractivity contribution in [3.05, 3.63) is 49.7 Å². The number of hydrogen-bond donors (Lipinski definition) is 1. The Bertz CT molecular complexity index is 635. The molecule has 0 saturated carbocycles. The van der Waals surface area contributed by atoms with Crippen LogP contribution in [0.25, 0.3) is 0 Å². The van der Waals surface area contributed by atoms with Crippen molar-refractivity contribution in [1.82, 2.24) is 15.1 Å². The molecule has 0 spiro atoms. The molecule has 1 atom stereocenters. The molecule has 1 heterocycles. The second kappa shape index (κ2) is 7.07. The summed E-state index contributed by atoms with van der Waals surface area (Å²) >= 11 is 7.26. The Morgan fingerprint density at radius 2 is 2.05 bits per heavy atom. The van der Waals surface area contributed by atoms with Gasteiger partial charge in [0.2, 0.25) is 0 Å². The molecule has 2 rings (SSSR count). The first-order chi connectivity index (χ1) is 9.97. The average Bonchev–Trinajstić information content (AvgIpc) is 2.74. The minimum atomic E-state index is 0.271. The van der Waals surface area contributed by atoms with Gasteiger partial charge in [-0.25, -0.2) is 0 Å². The van der Waals surface area contributed by atoms with Crippen LogP contribution in [0.3, 0.4) is 0 Å². The highest BCUT2D eigenvalue weighted by Crippen LogP contribution is 2.28. The molecule has 3 nitrogen and oxygen atoms in total. The molecule has 0 radical (unpaired) electrons. The zero-order valence-corrected chi connectivity index (χ0v) is 16.0. The fraction of sp³-hybridized carbons (Fsp3) is 0.438. The number of nitrogens with zero attached hydrogens (tertiary/aromatic N) is 2. The zero-order chi connectivity index (χ0) is 15.6. The van der Waals surface area contributed by atoms with Crippen LogP contribution < -0.4 is 5.32 Å². The molecule has 1 N–H and O–H groups in total. The highest BCUT2D eigenvalue weighted by Gasteiger charge is 2.18. The monoisotopic (exact) mass is 413 g/mol. The molecule has 0 saturated heterocycles. The first-order valence-corrected chi connectivity index (χ1v) is 8.70. The number of aryl methyl sites for hydroxylation is 3. The molecular weight excluding hydrogens is 394 g/mol. The summed E-state index contributed by atoms with van der Waals surface area (Å²) in [7, 11) is 4.02. The second-order valence-electron chi connectivity index (χ2n) is 5.24. The van der Waals surface area contributed by atoms with Crippen LogP contribution in [0.4, 0.5) is 0 Å². The van der Waals surface area contributed by atoms with Gasteiger partial charge in [-0.1, -0.05) is 35.0 Å². The van der Waals surface area contributed by atoms with Gasteiger partial charge in [-0.3, -0.25) is 4.68 Å². The van der Waals surface area contributed by atoms with Crippen LogP contribution in [0.5, 0.6) is 0 Å². The predicted molar refractivity (Wildman–Crippen MR) is 94.7 cm³/mol. The van der Waals surface area contributed by atoms with E-state index in [1.807, 2.05) is 18.8 Å². The van der Waals surface area contributed by atoms with Crippen LogP contribution in [0.2, 0.25) is 0 Å². The van der Waals surface area contributed by atoms with E-state index in [1.54, 1.807) is 0 Å². The normalized spacial score (nSPS) is 12.7. The van der Waals surface area contributed by atoms with Crippen LogP contribution in [-0.2, 0) is 19.9 Å². The SMILES string of the molecule is CCc1nn(C)c(CC(NC)c2ccc(Br)c(C)c2)c1Br. The first-order valence-electron chi connectivity index (χ1n) is 7.11. The van der Waals surface area contributed by atoms with E-state index >= 15 is 0 Å². The summed E-state index contributed by atoms with van der Waals surface area (Å²) in [6, 6.07) is 6.79. The number of halogens is 2. The molecule has 0 aliphatic rings. The molecular formula is C16H21Br2N3. The van der Waals surface area contributed by atoms with Gasteiger partial charge in [0.15, 0.2) is 0 Å². The minimum Gasteiger partial charge on any atom is -0.313 e. The van der Waals surface area contributed by atoms with Gasteiger partial charge in [0, 0.05) is 24.0 Å². The van der Waals surface area contributed by atoms with Gasteiger partial charge in [-0.2, -0.15) is 5.10 Å². The summed E-state index contributed by atoms with van der Waals surface area (Å²) in [6.45, 7) is 4.25. The predicted octanol–water partition coefficient (Wildman–Crippen LogP) is 4.32. The number of hydrogen-bond acceptors (Lipinski definition) is 2. The van der Waals surface area contributed by atoms with Gasteiger partial charge in [0.25, 0.3) is 0 Å². The maximum atomic E-state index is 4.58. The maximum absolute atomic E-state index is 4.58. The third-order valence-corrected chi connectivity index (χ3v) is 5.64. The lowest BCUT2D eigenvalue weighted by Gasteiger charge is -2.18. The van der Waals surface area contributed by atoms with E-state index in [4.69, 9.17) is 0 Å². The summed E-state index contributed by atoms with van der Waals surface area (Å²) in [4.78, 5) is 0. The van der Waals surface area contributed by atoms with Crippen molar-refractivity contribution in [3.63, 3.8) is 0 Å². The smallest absolute Gasteiger partial charge is 0.0766 e. The molecule has 21 heavy (non-hydrogen) atoms. The van der Waals surface area contributed by atoms with Crippen molar-refractivity contribution in [2.45, 2.75) is 32.7 Å². The Hall–Kier alpha value is -0.650. The number of nitrogens with one attached hydrogen (secondary N) is 1. The van der Waals surface area contributed by atoms with Gasteiger partial charge >= 0.3 is 0 Å². The van der Waals surface area contributed by atoms with Gasteiger partial charge in [-0.15, -0.1) is 0 Å². The van der Waals surface area contributed by atoms with Crippen molar-refractivity contribution in [3.8, 4) is 0 Å². The topological polar surface area (TPSA) is 29.9 Å². The second-order valence-corrected chi connectivity index (χ2v) is 6.89. The van der Waals surface area contributed by atoms with Gasteiger partial charge < -0.3 is 5.32 Å². The quantitative estimate of drug-likeness (QED) is 0.789. The van der Waals surface area contributed by atoms with Crippen LogP contribution in [0, 0.1) is 6.92 Å². The summed E-state index contributed by atoms with van der Waals surface area (Å²) in [5, 5.41) is 7.99. The van der Waals surface area contributed by atoms with Crippen LogP contribution in [-0.4, -0.2) is 16.8 Å². The number of likely N-dealkylation sites (N-methyl/N-ethyl adjacent to an activating group) is 1. The lowest BCUT2D eigenvalue weighted by molar-refractivity contribution is 0.559. The zero-order valence-electron chi connectivity index (χ0n) is 12.9. The lowest BCUT2D eigenvalue weighted by Crippen LogP contribution is -2.20. The van der Waals surface area contributed by atoms with E-state index in [0.29, 0.717) is 0 Å². The van der Waals surface area contributed by atoms with E-state index in [9.17, 15) is 0 Å². The molecule has 0 aliphatic carbocycles. The molecule has 1 aromatic carbocycles. The van der Waals surface area contributed by atoms with Crippen molar-refractivity contribution in [2.75, 3.05) is 7.05 Å². The molecule has 0 amide bonds. The van der Waals surface area contributed by atoms with E-state index < -0.39 is 0 Å². The Kier molecular flexibility index (Phi) is 5.63. The molecule has 0 bridgehead atoms. The van der Waals surface area contributed by atoms with E-state index in [2.05, 4.69) is 74.3 Å². The summed E-state index contributed by atoms with van der Waals surface area (Å²) in [5.41, 5.74) is 4.90. The number of benzene rings is 1. The van der Waals surface area contributed by atoms with E-state index in [1.165, 1.54) is 16.8 Å². The number of rotatable bonds is 5. The fourth-order valence-electron chi connectivity index (χ4n) is 2.51. The standard InChI is InChI=1S/C16H21Br2N3/c1-5-13-16(18)15(21(4)20-13)9-14(19-3)11-6-7-12(17)10(2)8-11/h6-8,14,19H,5,9H2,1-4H3. The van der Waals surface area contributed by atoms with Crippen LogP contribution in [0.1, 0.15) is 35.5 Å². The Balaban J connectivity index is 2.31. The van der Waals surface area contributed by atoms with Crippen molar-refractivity contribution in [2.24, 2.45) is 7.05 Å². The molecule has 1 aromatic heterocycles. The Morgan fingerprint density at radius 3 is 2.57 bits per heavy atom. The van der Waals surface area contributed by atoms with Gasteiger partial charge in [0.05, 0.1) is 15.9 Å². The molecule has 0 fully saturated rings. The highest BCUT2D eigenvalue weighted by atomic mass is 79.9. The van der Waals surface area contributed by atoms with E-state index in [0.717, 1.165) is 27.5 Å². The summed E-state index contributed by atoms with van der Waals surface area (Å²) < 4.78 is 4.27. The Labute approximate surface area is 143 Å². The van der Waals surface area contributed by atoms with Gasteiger partial charge in [0.1, 0.15) is 0 Å². The van der Waals surface area contributed by atoms with Gasteiger partial charge in [-0.05, 0) is 53.5 Å². The maximum Gasteiger partial charge on any atom is 0.0766 e. The van der Waals surface area contributed by atoms with Crippen molar-refractivity contribution in [1.29, 1.82) is 0 Å². The molecule has 5 heteroatoms.